The molecule has 0 spiro atoms. The smallest absolute Gasteiger partial charge is 0.132 e. The fraction of sp³-hybridized carbons (Fsp3) is 0.273. The monoisotopic (exact) mass is 478 g/mol. The maximum atomic E-state index is 10.1. The van der Waals surface area contributed by atoms with Crippen LogP contribution in [0.25, 0.3) is 0 Å². The lowest BCUT2D eigenvalue weighted by molar-refractivity contribution is 0.120. The number of phenols is 1. The lowest BCUT2D eigenvalue weighted by Gasteiger charge is -2.33. The van der Waals surface area contributed by atoms with Gasteiger partial charge in [0.2, 0.25) is 0 Å². The molecule has 0 unspecified atom stereocenters. The van der Waals surface area contributed by atoms with Gasteiger partial charge in [0, 0.05) is 28.2 Å². The highest BCUT2D eigenvalue weighted by molar-refractivity contribution is 9.09. The molecule has 0 fully saturated rings. The number of rotatable bonds is 10. The van der Waals surface area contributed by atoms with Crippen LogP contribution in [0.15, 0.2) is 67.8 Å². The molecule has 1 N–H and O–H groups in total. The van der Waals surface area contributed by atoms with E-state index in [-0.39, 0.29) is 5.75 Å². The van der Waals surface area contributed by atoms with Crippen LogP contribution in [0.3, 0.4) is 0 Å². The molecule has 0 heterocycles. The van der Waals surface area contributed by atoms with Crippen LogP contribution >= 0.6 is 31.9 Å². The minimum Gasteiger partial charge on any atom is -0.508 e. The van der Waals surface area contributed by atoms with Crippen molar-refractivity contribution < 1.29 is 9.84 Å². The van der Waals surface area contributed by atoms with E-state index in [2.05, 4.69) is 57.2 Å². The molecule has 2 nitrogen and oxygen atoms in total. The molecule has 138 valence electrons. The van der Waals surface area contributed by atoms with Gasteiger partial charge in [0.25, 0.3) is 0 Å². The molecule has 0 saturated heterocycles. The summed E-state index contributed by atoms with van der Waals surface area (Å²) in [6.45, 7) is 7.66. The van der Waals surface area contributed by atoms with E-state index < -0.39 is 5.60 Å². The van der Waals surface area contributed by atoms with Crippen molar-refractivity contribution in [1.29, 1.82) is 0 Å². The predicted octanol–water partition coefficient (Wildman–Crippen LogP) is 6.00. The summed E-state index contributed by atoms with van der Waals surface area (Å²) in [5.74, 6) is 1.04. The quantitative estimate of drug-likeness (QED) is 0.334. The van der Waals surface area contributed by atoms with E-state index in [1.807, 2.05) is 30.4 Å². The highest BCUT2D eigenvalue weighted by Gasteiger charge is 2.32. The Hall–Kier alpha value is -1.52. The zero-order valence-corrected chi connectivity index (χ0v) is 17.9. The first-order valence-electron chi connectivity index (χ1n) is 8.49. The number of allylic oxidation sites excluding steroid dienone is 2. The molecule has 0 aliphatic rings. The SMILES string of the molecule is C=CCc1cc(O)cc(CC=C)c1OC(CBr)(CBr)Cc1ccccc1. The fourth-order valence-corrected chi connectivity index (χ4v) is 4.44. The van der Waals surface area contributed by atoms with E-state index in [1.54, 1.807) is 12.1 Å². The Morgan fingerprint density at radius 1 is 0.962 bits per heavy atom. The summed E-state index contributed by atoms with van der Waals surface area (Å²) in [7, 11) is 0. The Bertz CT molecular complexity index is 706. The Morgan fingerprint density at radius 3 is 1.96 bits per heavy atom. The highest BCUT2D eigenvalue weighted by Crippen LogP contribution is 2.35. The number of hydrogen-bond acceptors (Lipinski definition) is 2. The van der Waals surface area contributed by atoms with E-state index in [9.17, 15) is 5.11 Å². The molecule has 0 aromatic heterocycles. The van der Waals surface area contributed by atoms with Crippen LogP contribution in [0.4, 0.5) is 0 Å². The van der Waals surface area contributed by atoms with Crippen molar-refractivity contribution in [3.05, 3.63) is 84.5 Å². The summed E-state index contributed by atoms with van der Waals surface area (Å²) in [5, 5.41) is 11.4. The predicted molar refractivity (Wildman–Crippen MR) is 117 cm³/mol. The van der Waals surface area contributed by atoms with E-state index >= 15 is 0 Å². The minimum absolute atomic E-state index is 0.234. The molecule has 2 aromatic rings. The molecule has 0 atom stereocenters. The van der Waals surface area contributed by atoms with Gasteiger partial charge >= 0.3 is 0 Å². The summed E-state index contributed by atoms with van der Waals surface area (Å²) >= 11 is 7.29. The Balaban J connectivity index is 2.46. The van der Waals surface area contributed by atoms with Gasteiger partial charge in [0.05, 0.1) is 0 Å². The number of halogens is 2. The lowest BCUT2D eigenvalue weighted by atomic mass is 9.96. The van der Waals surface area contributed by atoms with Crippen LogP contribution in [0.1, 0.15) is 16.7 Å². The van der Waals surface area contributed by atoms with Crippen LogP contribution in [-0.4, -0.2) is 21.4 Å². The number of benzene rings is 2. The van der Waals surface area contributed by atoms with Crippen LogP contribution < -0.4 is 4.74 Å². The standard InChI is InChI=1S/C22H24Br2O2/c1-3-8-18-12-20(25)13-19(9-4-2)21(18)26-22(15-23,16-24)14-17-10-6-5-7-11-17/h3-7,10-13,25H,1-2,8-9,14-16H2. The van der Waals surface area contributed by atoms with Crippen molar-refractivity contribution in [1.82, 2.24) is 0 Å². The first-order valence-corrected chi connectivity index (χ1v) is 10.7. The molecule has 0 saturated carbocycles. The van der Waals surface area contributed by atoms with Gasteiger partial charge in [-0.25, -0.2) is 0 Å². The Kier molecular flexibility index (Phi) is 7.98. The molecular formula is C22H24Br2O2. The molecule has 0 aliphatic heterocycles. The largest absolute Gasteiger partial charge is 0.508 e. The third-order valence-electron chi connectivity index (χ3n) is 4.13. The third-order valence-corrected chi connectivity index (χ3v) is 6.17. The van der Waals surface area contributed by atoms with Gasteiger partial charge in [0.15, 0.2) is 0 Å². The summed E-state index contributed by atoms with van der Waals surface area (Å²) < 4.78 is 6.63. The number of aromatic hydroxyl groups is 1. The van der Waals surface area contributed by atoms with E-state index in [1.165, 1.54) is 5.56 Å². The van der Waals surface area contributed by atoms with E-state index in [0.29, 0.717) is 23.5 Å². The summed E-state index contributed by atoms with van der Waals surface area (Å²) in [6, 6.07) is 13.8. The zero-order chi connectivity index (χ0) is 19.0. The van der Waals surface area contributed by atoms with Gasteiger partial charge in [-0.05, 0) is 30.5 Å². The van der Waals surface area contributed by atoms with Crippen LogP contribution in [0.5, 0.6) is 11.5 Å². The zero-order valence-electron chi connectivity index (χ0n) is 14.8. The van der Waals surface area contributed by atoms with Crippen LogP contribution in [-0.2, 0) is 19.3 Å². The van der Waals surface area contributed by atoms with Gasteiger partial charge in [-0.1, -0.05) is 74.3 Å². The number of alkyl halides is 2. The first-order chi connectivity index (χ1) is 12.6. The lowest BCUT2D eigenvalue weighted by Crippen LogP contribution is -2.43. The first kappa shape index (κ1) is 20.8. The molecule has 0 bridgehead atoms. The van der Waals surface area contributed by atoms with Crippen LogP contribution in [0, 0.1) is 0 Å². The van der Waals surface area contributed by atoms with Crippen molar-refractivity contribution in [2.75, 3.05) is 10.7 Å². The van der Waals surface area contributed by atoms with Gasteiger partial charge in [-0.15, -0.1) is 13.2 Å². The van der Waals surface area contributed by atoms with Crippen molar-refractivity contribution in [2.45, 2.75) is 24.9 Å². The number of hydrogen-bond donors (Lipinski definition) is 1. The molecule has 0 aliphatic carbocycles. The van der Waals surface area contributed by atoms with E-state index in [0.717, 1.165) is 23.3 Å². The van der Waals surface area contributed by atoms with Gasteiger partial charge in [-0.3, -0.25) is 0 Å². The summed E-state index contributed by atoms with van der Waals surface area (Å²) in [4.78, 5) is 0. The molecule has 0 radical (unpaired) electrons. The number of phenolic OH excluding ortho intramolecular Hbond substituents is 1. The Labute approximate surface area is 172 Å². The fourth-order valence-electron chi connectivity index (χ4n) is 2.89. The van der Waals surface area contributed by atoms with Crippen molar-refractivity contribution >= 4 is 31.9 Å². The van der Waals surface area contributed by atoms with E-state index in [4.69, 9.17) is 4.74 Å². The Morgan fingerprint density at radius 2 is 1.50 bits per heavy atom. The summed E-state index contributed by atoms with van der Waals surface area (Å²) in [6.07, 6.45) is 5.65. The van der Waals surface area contributed by atoms with Crippen LogP contribution in [0.2, 0.25) is 0 Å². The topological polar surface area (TPSA) is 29.5 Å². The van der Waals surface area contributed by atoms with Gasteiger partial charge in [-0.2, -0.15) is 0 Å². The molecule has 26 heavy (non-hydrogen) atoms. The molecule has 2 rings (SSSR count). The second kappa shape index (κ2) is 9.98. The van der Waals surface area contributed by atoms with Crippen molar-refractivity contribution in [3.63, 3.8) is 0 Å². The summed E-state index contributed by atoms with van der Waals surface area (Å²) in [5.41, 5.74) is 2.61. The average molecular weight is 480 g/mol. The minimum atomic E-state index is -0.454. The third kappa shape index (κ3) is 5.24. The van der Waals surface area contributed by atoms with Crippen molar-refractivity contribution in [3.8, 4) is 11.5 Å². The van der Waals surface area contributed by atoms with Gasteiger partial charge in [0.1, 0.15) is 17.1 Å². The normalized spacial score (nSPS) is 11.2. The van der Waals surface area contributed by atoms with Crippen molar-refractivity contribution in [2.24, 2.45) is 0 Å². The maximum Gasteiger partial charge on any atom is 0.132 e. The molecule has 4 heteroatoms. The molecule has 0 amide bonds. The maximum absolute atomic E-state index is 10.1. The molecular weight excluding hydrogens is 456 g/mol. The average Bonchev–Trinajstić information content (AvgIpc) is 2.65. The van der Waals surface area contributed by atoms with Gasteiger partial charge < -0.3 is 9.84 Å². The molecule has 2 aromatic carbocycles. The highest BCUT2D eigenvalue weighted by atomic mass is 79.9. The number of ether oxygens (including phenoxy) is 1. The second-order valence-electron chi connectivity index (χ2n) is 6.29. The second-order valence-corrected chi connectivity index (χ2v) is 7.41.